The maximum Gasteiger partial charge on any atom is 0.313 e. The molecule has 0 aliphatic heterocycles. The Morgan fingerprint density at radius 2 is 1.90 bits per heavy atom. The van der Waals surface area contributed by atoms with Crippen LogP contribution in [-0.2, 0) is 4.79 Å². The molecule has 0 bridgehead atoms. The summed E-state index contributed by atoms with van der Waals surface area (Å²) in [6.45, 7) is 7.07. The number of carboxylic acids is 1. The van der Waals surface area contributed by atoms with E-state index in [1.54, 1.807) is 13.8 Å². The van der Waals surface area contributed by atoms with Gasteiger partial charge in [-0.2, -0.15) is 0 Å². The standard InChI is InChI=1S/C8H14O2/c1-5-6(2)8(3,4)7(9)10/h5H,1-4H3,(H,9,10)/b6-5+. The highest BCUT2D eigenvalue weighted by Gasteiger charge is 2.28. The van der Waals surface area contributed by atoms with Gasteiger partial charge in [-0.25, -0.2) is 0 Å². The Hall–Kier alpha value is -0.790. The number of hydrogen-bond acceptors (Lipinski definition) is 1. The van der Waals surface area contributed by atoms with Crippen LogP contribution in [0.1, 0.15) is 27.7 Å². The van der Waals surface area contributed by atoms with E-state index >= 15 is 0 Å². The third kappa shape index (κ3) is 1.59. The first-order valence-electron chi connectivity index (χ1n) is 3.29. The van der Waals surface area contributed by atoms with Crippen LogP contribution in [0, 0.1) is 5.41 Å². The monoisotopic (exact) mass is 142 g/mol. The summed E-state index contributed by atoms with van der Waals surface area (Å²) in [5.41, 5.74) is 0.175. The van der Waals surface area contributed by atoms with E-state index in [0.29, 0.717) is 0 Å². The molecule has 0 radical (unpaired) electrons. The van der Waals surface area contributed by atoms with Gasteiger partial charge in [0.15, 0.2) is 0 Å². The minimum atomic E-state index is -0.775. The van der Waals surface area contributed by atoms with E-state index in [-0.39, 0.29) is 0 Å². The van der Waals surface area contributed by atoms with Gasteiger partial charge in [-0.3, -0.25) is 4.79 Å². The third-order valence-electron chi connectivity index (χ3n) is 1.95. The summed E-state index contributed by atoms with van der Waals surface area (Å²) in [4.78, 5) is 10.6. The summed E-state index contributed by atoms with van der Waals surface area (Å²) in [5, 5.41) is 8.70. The molecule has 0 aliphatic carbocycles. The van der Waals surface area contributed by atoms with E-state index in [4.69, 9.17) is 5.11 Å². The smallest absolute Gasteiger partial charge is 0.313 e. The van der Waals surface area contributed by atoms with Crippen LogP contribution in [0.25, 0.3) is 0 Å². The van der Waals surface area contributed by atoms with Crippen LogP contribution in [-0.4, -0.2) is 11.1 Å². The van der Waals surface area contributed by atoms with Gasteiger partial charge in [0.25, 0.3) is 0 Å². The lowest BCUT2D eigenvalue weighted by Crippen LogP contribution is -2.24. The van der Waals surface area contributed by atoms with E-state index < -0.39 is 11.4 Å². The van der Waals surface area contributed by atoms with E-state index in [1.165, 1.54) is 0 Å². The molecule has 0 aromatic carbocycles. The molecule has 0 amide bonds. The van der Waals surface area contributed by atoms with Gasteiger partial charge < -0.3 is 5.11 Å². The van der Waals surface area contributed by atoms with Crippen molar-refractivity contribution in [3.63, 3.8) is 0 Å². The van der Waals surface area contributed by atoms with Crippen molar-refractivity contribution in [3.05, 3.63) is 11.6 Å². The lowest BCUT2D eigenvalue weighted by Gasteiger charge is -2.19. The van der Waals surface area contributed by atoms with E-state index in [2.05, 4.69) is 0 Å². The molecule has 0 saturated carbocycles. The molecule has 0 aromatic heterocycles. The summed E-state index contributed by atoms with van der Waals surface area (Å²) in [7, 11) is 0. The number of carboxylic acid groups (broad SMARTS) is 1. The first kappa shape index (κ1) is 9.21. The molecule has 0 aliphatic rings. The summed E-state index contributed by atoms with van der Waals surface area (Å²) in [5.74, 6) is -0.775. The molecule has 0 rings (SSSR count). The zero-order valence-electron chi connectivity index (χ0n) is 6.93. The van der Waals surface area contributed by atoms with Crippen molar-refractivity contribution < 1.29 is 9.90 Å². The molecular weight excluding hydrogens is 128 g/mol. The second kappa shape index (κ2) is 2.86. The largest absolute Gasteiger partial charge is 0.481 e. The number of aliphatic carboxylic acids is 1. The Morgan fingerprint density at radius 1 is 1.50 bits per heavy atom. The fraction of sp³-hybridized carbons (Fsp3) is 0.625. The average molecular weight is 142 g/mol. The number of rotatable bonds is 2. The normalized spacial score (nSPS) is 13.4. The van der Waals surface area contributed by atoms with Gasteiger partial charge in [-0.15, -0.1) is 0 Å². The lowest BCUT2D eigenvalue weighted by molar-refractivity contribution is -0.144. The van der Waals surface area contributed by atoms with Gasteiger partial charge in [0.1, 0.15) is 0 Å². The molecule has 1 N–H and O–H groups in total. The van der Waals surface area contributed by atoms with Crippen LogP contribution in [0.15, 0.2) is 11.6 Å². The molecule has 0 spiro atoms. The van der Waals surface area contributed by atoms with Crippen LogP contribution in [0.5, 0.6) is 0 Å². The summed E-state index contributed by atoms with van der Waals surface area (Å²) >= 11 is 0. The van der Waals surface area contributed by atoms with Crippen LogP contribution in [0.3, 0.4) is 0 Å². The Kier molecular flexibility index (Phi) is 2.64. The highest BCUT2D eigenvalue weighted by atomic mass is 16.4. The first-order valence-corrected chi connectivity index (χ1v) is 3.29. The van der Waals surface area contributed by atoms with Crippen molar-refractivity contribution in [2.75, 3.05) is 0 Å². The number of allylic oxidation sites excluding steroid dienone is 1. The zero-order valence-corrected chi connectivity index (χ0v) is 6.93. The Labute approximate surface area is 61.6 Å². The van der Waals surface area contributed by atoms with Crippen molar-refractivity contribution in [3.8, 4) is 0 Å². The molecule has 58 valence electrons. The van der Waals surface area contributed by atoms with E-state index in [9.17, 15) is 4.79 Å². The molecule has 0 unspecified atom stereocenters. The maximum atomic E-state index is 10.6. The summed E-state index contributed by atoms with van der Waals surface area (Å²) in [6, 6.07) is 0. The fourth-order valence-electron chi connectivity index (χ4n) is 0.530. The van der Waals surface area contributed by atoms with Crippen LogP contribution in [0.4, 0.5) is 0 Å². The molecule has 0 atom stereocenters. The minimum absolute atomic E-state index is 0.714. The Morgan fingerprint density at radius 3 is 2.00 bits per heavy atom. The van der Waals surface area contributed by atoms with Gasteiger partial charge >= 0.3 is 5.97 Å². The molecule has 0 heterocycles. The van der Waals surface area contributed by atoms with Gasteiger partial charge in [0.2, 0.25) is 0 Å². The van der Waals surface area contributed by atoms with E-state index in [0.717, 1.165) is 5.57 Å². The third-order valence-corrected chi connectivity index (χ3v) is 1.95. The highest BCUT2D eigenvalue weighted by Crippen LogP contribution is 2.25. The molecule has 2 nitrogen and oxygen atoms in total. The molecule has 0 fully saturated rings. The molecular formula is C8H14O2. The quantitative estimate of drug-likeness (QED) is 0.599. The molecule has 0 aromatic rings. The van der Waals surface area contributed by atoms with Gasteiger partial charge in [-0.05, 0) is 27.7 Å². The van der Waals surface area contributed by atoms with Gasteiger partial charge in [0, 0.05) is 0 Å². The van der Waals surface area contributed by atoms with Crippen molar-refractivity contribution in [2.45, 2.75) is 27.7 Å². The SMILES string of the molecule is C/C=C(\C)C(C)(C)C(=O)O. The Bertz CT molecular complexity index is 166. The van der Waals surface area contributed by atoms with Gasteiger partial charge in [0.05, 0.1) is 5.41 Å². The Balaban J connectivity index is 4.56. The van der Waals surface area contributed by atoms with Crippen molar-refractivity contribution >= 4 is 5.97 Å². The predicted molar refractivity (Wildman–Crippen MR) is 40.8 cm³/mol. The summed E-state index contributed by atoms with van der Waals surface area (Å²) < 4.78 is 0. The second-order valence-electron chi connectivity index (χ2n) is 2.90. The molecule has 2 heteroatoms. The van der Waals surface area contributed by atoms with Crippen LogP contribution in [0.2, 0.25) is 0 Å². The van der Waals surface area contributed by atoms with Crippen LogP contribution < -0.4 is 0 Å². The van der Waals surface area contributed by atoms with Crippen molar-refractivity contribution in [2.24, 2.45) is 5.41 Å². The lowest BCUT2D eigenvalue weighted by atomic mass is 9.85. The van der Waals surface area contributed by atoms with Gasteiger partial charge in [-0.1, -0.05) is 11.6 Å². The first-order chi connectivity index (χ1) is 4.42. The number of hydrogen-bond donors (Lipinski definition) is 1. The summed E-state index contributed by atoms with van der Waals surface area (Å²) in [6.07, 6.45) is 1.83. The second-order valence-corrected chi connectivity index (χ2v) is 2.90. The predicted octanol–water partition coefficient (Wildman–Crippen LogP) is 2.06. The fourth-order valence-corrected chi connectivity index (χ4v) is 0.530. The molecule has 10 heavy (non-hydrogen) atoms. The average Bonchev–Trinajstić information content (AvgIpc) is 1.86. The van der Waals surface area contributed by atoms with Crippen LogP contribution >= 0.6 is 0 Å². The zero-order chi connectivity index (χ0) is 8.36. The molecule has 0 saturated heterocycles. The number of carbonyl (C=O) groups is 1. The van der Waals surface area contributed by atoms with Crippen molar-refractivity contribution in [1.29, 1.82) is 0 Å². The maximum absolute atomic E-state index is 10.6. The van der Waals surface area contributed by atoms with Crippen molar-refractivity contribution in [1.82, 2.24) is 0 Å². The van der Waals surface area contributed by atoms with E-state index in [1.807, 2.05) is 19.9 Å². The topological polar surface area (TPSA) is 37.3 Å². The minimum Gasteiger partial charge on any atom is -0.481 e. The highest BCUT2D eigenvalue weighted by molar-refractivity contribution is 5.77.